The molecule has 0 aliphatic carbocycles. The first kappa shape index (κ1) is 79.4. The van der Waals surface area contributed by atoms with E-state index in [2.05, 4.69) is 184 Å². The molecule has 0 amide bonds. The summed E-state index contributed by atoms with van der Waals surface area (Å²) in [4.78, 5) is 35.8. The van der Waals surface area contributed by atoms with Gasteiger partial charge in [-0.1, -0.05) is 255 Å². The van der Waals surface area contributed by atoms with Crippen molar-refractivity contribution in [1.82, 2.24) is 0 Å². The van der Waals surface area contributed by atoms with Gasteiger partial charge in [-0.3, -0.25) is 18.6 Å². The Balaban J connectivity index is 4.22. The summed E-state index contributed by atoms with van der Waals surface area (Å²) in [5.41, 5.74) is 0. The van der Waals surface area contributed by atoms with E-state index in [4.69, 9.17) is 18.5 Å². The van der Waals surface area contributed by atoms with Gasteiger partial charge in [0.05, 0.1) is 27.7 Å². The number of unbranched alkanes of at least 4 members (excludes halogenated alkanes) is 16. The van der Waals surface area contributed by atoms with Gasteiger partial charge in [0, 0.05) is 12.8 Å². The van der Waals surface area contributed by atoms with Crippen LogP contribution in [0.15, 0.2) is 170 Å². The summed E-state index contributed by atoms with van der Waals surface area (Å²) < 4.78 is 34.6. The second kappa shape index (κ2) is 62.9. The number of rotatable bonds is 58. The van der Waals surface area contributed by atoms with Crippen LogP contribution in [0.25, 0.3) is 0 Å². The van der Waals surface area contributed by atoms with Gasteiger partial charge in [0.25, 0.3) is 0 Å². The molecule has 0 aromatic heterocycles. The smallest absolute Gasteiger partial charge is 0.462 e. The molecule has 0 bridgehead atoms. The second-order valence-electron chi connectivity index (χ2n) is 22.4. The third-order valence-corrected chi connectivity index (χ3v) is 14.2. The molecule has 0 aliphatic heterocycles. The lowest BCUT2D eigenvalue weighted by Gasteiger charge is -2.24. The lowest BCUT2D eigenvalue weighted by atomic mass is 10.1. The van der Waals surface area contributed by atoms with Gasteiger partial charge in [0.1, 0.15) is 19.8 Å². The fourth-order valence-electron chi connectivity index (χ4n) is 8.20. The Hall–Kier alpha value is -4.63. The number of nitrogens with zero attached hydrogens (tertiary/aromatic N) is 1. The largest absolute Gasteiger partial charge is 0.472 e. The summed E-state index contributed by atoms with van der Waals surface area (Å²) in [6.45, 7) is 4.25. The maximum Gasteiger partial charge on any atom is 0.472 e. The van der Waals surface area contributed by atoms with Crippen molar-refractivity contribution in [3.8, 4) is 0 Å². The monoisotopic (exact) mass is 1180 g/mol. The van der Waals surface area contributed by atoms with Crippen molar-refractivity contribution in [2.24, 2.45) is 0 Å². The van der Waals surface area contributed by atoms with E-state index in [1.807, 2.05) is 21.1 Å². The number of likely N-dealkylation sites (N-methyl/N-ethyl adjacent to an activating group) is 1. The molecule has 0 saturated heterocycles. The molecule has 0 saturated carbocycles. The maximum absolute atomic E-state index is 12.8. The van der Waals surface area contributed by atoms with Crippen molar-refractivity contribution in [3.05, 3.63) is 170 Å². The molecule has 10 heteroatoms. The molecule has 0 rings (SSSR count). The second-order valence-corrected chi connectivity index (χ2v) is 23.9. The Kier molecular flexibility index (Phi) is 59.4. The van der Waals surface area contributed by atoms with Crippen LogP contribution in [-0.4, -0.2) is 74.9 Å². The van der Waals surface area contributed by atoms with E-state index in [0.717, 1.165) is 154 Å². The first-order valence-corrected chi connectivity index (χ1v) is 34.4. The minimum Gasteiger partial charge on any atom is -0.462 e. The fraction of sp³-hybridized carbons (Fsp3) is 0.595. The van der Waals surface area contributed by atoms with E-state index in [1.54, 1.807) is 0 Å². The van der Waals surface area contributed by atoms with Crippen molar-refractivity contribution in [1.29, 1.82) is 0 Å². The van der Waals surface area contributed by atoms with Crippen molar-refractivity contribution < 1.29 is 42.1 Å². The van der Waals surface area contributed by atoms with Crippen LogP contribution in [0.2, 0.25) is 0 Å². The van der Waals surface area contributed by atoms with E-state index in [9.17, 15) is 19.0 Å². The molecule has 0 radical (unpaired) electrons. The third kappa shape index (κ3) is 66.5. The van der Waals surface area contributed by atoms with Crippen LogP contribution in [0.1, 0.15) is 232 Å². The van der Waals surface area contributed by atoms with E-state index < -0.39 is 32.5 Å². The minimum absolute atomic E-state index is 0.0157. The highest BCUT2D eigenvalue weighted by Gasteiger charge is 2.27. The van der Waals surface area contributed by atoms with Crippen LogP contribution in [0.4, 0.5) is 0 Å². The summed E-state index contributed by atoms with van der Waals surface area (Å²) in [6.07, 6.45) is 95.8. The number of esters is 2. The molecule has 0 aliphatic rings. The van der Waals surface area contributed by atoms with Gasteiger partial charge in [-0.2, -0.15) is 0 Å². The van der Waals surface area contributed by atoms with E-state index in [-0.39, 0.29) is 26.1 Å². The van der Waals surface area contributed by atoms with Gasteiger partial charge >= 0.3 is 19.8 Å². The topological polar surface area (TPSA) is 108 Å². The molecular formula is C74H121NO8P+. The van der Waals surface area contributed by atoms with Crippen LogP contribution < -0.4 is 0 Å². The van der Waals surface area contributed by atoms with Crippen molar-refractivity contribution in [2.75, 3.05) is 47.5 Å². The molecule has 474 valence electrons. The lowest BCUT2D eigenvalue weighted by molar-refractivity contribution is -0.870. The number of hydrogen-bond donors (Lipinski definition) is 1. The maximum atomic E-state index is 12.8. The summed E-state index contributed by atoms with van der Waals surface area (Å²) >= 11 is 0. The standard InChI is InChI=1S/C74H120NO8P/c1-6-8-10-12-14-16-18-20-22-24-26-28-29-30-31-32-33-34-35-36-37-38-39-40-41-42-43-44-45-47-49-51-53-55-57-59-61-63-65-67-74(77)83-72(71-82-84(78,79)81-69-68-75(3,4)5)70-80-73(76)66-64-62-60-58-56-54-52-50-48-46-27-25-23-21-19-17-15-13-11-9-7-2/h8,10,14,16,19-22,25-28,30-31,33-34,36-37,39-40,42-43,45,47-48,50-51,53,72H,6-7,9,11-13,15,17-18,23-24,29,32,35,38,41,44,46,49,52,54-71H2,1-5H3/p+1/b10-8-,16-14-,21-19-,22-20-,27-25-,28-26-,31-30-,34-33-,37-36-,40-39-,43-42-,47-45-,50-48-,53-51-. The molecule has 2 atom stereocenters. The van der Waals surface area contributed by atoms with Gasteiger partial charge < -0.3 is 18.9 Å². The number of quaternary nitrogens is 1. The van der Waals surface area contributed by atoms with Gasteiger partial charge in [-0.05, 0) is 135 Å². The number of ether oxygens (including phenoxy) is 2. The molecule has 84 heavy (non-hydrogen) atoms. The zero-order valence-electron chi connectivity index (χ0n) is 53.8. The third-order valence-electron chi connectivity index (χ3n) is 13.2. The number of carbonyl (C=O) groups excluding carboxylic acids is 2. The number of allylic oxidation sites excluding steroid dienone is 28. The molecule has 1 N–H and O–H groups in total. The van der Waals surface area contributed by atoms with Crippen molar-refractivity contribution in [2.45, 2.75) is 238 Å². The number of carbonyl (C=O) groups is 2. The average molecular weight is 1180 g/mol. The van der Waals surface area contributed by atoms with E-state index in [1.165, 1.54) is 38.5 Å². The van der Waals surface area contributed by atoms with Gasteiger partial charge in [0.15, 0.2) is 6.10 Å². The van der Waals surface area contributed by atoms with Crippen molar-refractivity contribution >= 4 is 19.8 Å². The van der Waals surface area contributed by atoms with Gasteiger partial charge in [-0.15, -0.1) is 0 Å². The summed E-state index contributed by atoms with van der Waals surface area (Å²) in [7, 11) is 1.43. The Morgan fingerprint density at radius 2 is 0.679 bits per heavy atom. The molecule has 2 unspecified atom stereocenters. The highest BCUT2D eigenvalue weighted by Crippen LogP contribution is 2.43. The molecule has 0 spiro atoms. The van der Waals surface area contributed by atoms with Crippen LogP contribution in [0.5, 0.6) is 0 Å². The SMILES string of the molecule is CC/C=C\C/C=C\C/C=C\C/C=C\C/C=C\C/C=C\C/C=C\C/C=C\C/C=C\C/C=C\C/C=C\CCCCCCCC(=O)OC(COC(=O)CCCCCCCC/C=C\C/C=C\C/C=C\CCCCCCC)COP(=O)(O)OCC[N+](C)(C)C. The molecular weight excluding hydrogens is 1060 g/mol. The van der Waals surface area contributed by atoms with E-state index in [0.29, 0.717) is 23.9 Å². The van der Waals surface area contributed by atoms with Crippen molar-refractivity contribution in [3.63, 3.8) is 0 Å². The summed E-state index contributed by atoms with van der Waals surface area (Å²) in [6, 6.07) is 0. The van der Waals surface area contributed by atoms with Crippen LogP contribution in [0, 0.1) is 0 Å². The summed E-state index contributed by atoms with van der Waals surface area (Å²) in [5, 5.41) is 0. The Morgan fingerprint density at radius 3 is 1.01 bits per heavy atom. The quantitative estimate of drug-likeness (QED) is 0.0211. The Labute approximate surface area is 515 Å². The highest BCUT2D eigenvalue weighted by atomic mass is 31.2. The van der Waals surface area contributed by atoms with Crippen LogP contribution in [0.3, 0.4) is 0 Å². The number of hydrogen-bond acceptors (Lipinski definition) is 7. The predicted octanol–water partition coefficient (Wildman–Crippen LogP) is 21.4. The minimum atomic E-state index is -4.41. The molecule has 9 nitrogen and oxygen atoms in total. The van der Waals surface area contributed by atoms with Crippen LogP contribution in [-0.2, 0) is 32.7 Å². The van der Waals surface area contributed by atoms with Gasteiger partial charge in [0.2, 0.25) is 0 Å². The van der Waals surface area contributed by atoms with Gasteiger partial charge in [-0.25, -0.2) is 4.57 Å². The predicted molar refractivity (Wildman–Crippen MR) is 362 cm³/mol. The zero-order valence-corrected chi connectivity index (χ0v) is 54.7. The first-order valence-electron chi connectivity index (χ1n) is 32.9. The fourth-order valence-corrected chi connectivity index (χ4v) is 8.94. The molecule has 0 aromatic carbocycles. The molecule has 0 heterocycles. The average Bonchev–Trinajstić information content (AvgIpc) is 3.61. The van der Waals surface area contributed by atoms with Crippen LogP contribution >= 0.6 is 7.82 Å². The molecule has 0 fully saturated rings. The zero-order chi connectivity index (χ0) is 61.2. The number of phosphoric ester groups is 1. The van der Waals surface area contributed by atoms with E-state index >= 15 is 0 Å². The highest BCUT2D eigenvalue weighted by molar-refractivity contribution is 7.47. The Bertz CT molecular complexity index is 2020. The normalized spacial score (nSPS) is 14.3. The Morgan fingerprint density at radius 1 is 0.381 bits per heavy atom. The molecule has 0 aromatic rings. The lowest BCUT2D eigenvalue weighted by Crippen LogP contribution is -2.37. The summed E-state index contributed by atoms with van der Waals surface area (Å²) in [5.74, 6) is -0.846. The first-order chi connectivity index (χ1) is 41.0. The number of phosphoric acid groups is 1.